The van der Waals surface area contributed by atoms with Crippen molar-refractivity contribution in [1.29, 1.82) is 0 Å². The van der Waals surface area contributed by atoms with Crippen molar-refractivity contribution >= 4 is 5.91 Å². The Morgan fingerprint density at radius 2 is 2.37 bits per heavy atom. The van der Waals surface area contributed by atoms with Gasteiger partial charge in [0, 0.05) is 13.2 Å². The first-order valence-electron chi connectivity index (χ1n) is 7.47. The molecule has 110 valence electrons. The Kier molecular flexibility index (Phi) is 6.07. The van der Waals surface area contributed by atoms with Crippen molar-refractivity contribution in [2.24, 2.45) is 5.92 Å². The maximum Gasteiger partial charge on any atom is 0.248 e. The molecule has 5 nitrogen and oxygen atoms in total. The van der Waals surface area contributed by atoms with Gasteiger partial charge in [-0.3, -0.25) is 4.79 Å². The molecule has 2 rings (SSSR count). The van der Waals surface area contributed by atoms with Crippen LogP contribution in [0, 0.1) is 5.92 Å². The smallest absolute Gasteiger partial charge is 0.248 e. The number of hydrogen-bond acceptors (Lipinski definition) is 4. The lowest BCUT2D eigenvalue weighted by molar-refractivity contribution is -0.133. The lowest BCUT2D eigenvalue weighted by atomic mass is 10.00. The predicted octanol–water partition coefficient (Wildman–Crippen LogP) is 0.686. The third-order valence-electron chi connectivity index (χ3n) is 3.89. The minimum atomic E-state index is -0.388. The van der Waals surface area contributed by atoms with Gasteiger partial charge in [0.05, 0.1) is 12.7 Å². The molecule has 0 spiro atoms. The molecular formula is C14H26N2O3. The highest BCUT2D eigenvalue weighted by Gasteiger charge is 2.20. The van der Waals surface area contributed by atoms with Gasteiger partial charge in [0.15, 0.2) is 0 Å². The first kappa shape index (κ1) is 14.8. The molecule has 19 heavy (non-hydrogen) atoms. The summed E-state index contributed by atoms with van der Waals surface area (Å²) in [6, 6.07) is 0. The maximum absolute atomic E-state index is 11.9. The summed E-state index contributed by atoms with van der Waals surface area (Å²) < 4.78 is 11.0. The highest BCUT2D eigenvalue weighted by molar-refractivity contribution is 5.80. The normalized spacial score (nSPS) is 29.1. The van der Waals surface area contributed by atoms with Crippen molar-refractivity contribution in [2.45, 2.75) is 44.8 Å². The van der Waals surface area contributed by atoms with Crippen LogP contribution in [0.3, 0.4) is 0 Å². The molecule has 2 heterocycles. The number of piperidine rings is 1. The van der Waals surface area contributed by atoms with E-state index >= 15 is 0 Å². The number of hydrogen-bond donors (Lipinski definition) is 2. The zero-order valence-corrected chi connectivity index (χ0v) is 11.8. The van der Waals surface area contributed by atoms with Crippen molar-refractivity contribution in [1.82, 2.24) is 10.6 Å². The van der Waals surface area contributed by atoms with Crippen LogP contribution in [-0.2, 0) is 14.3 Å². The Hall–Kier alpha value is -0.650. The fourth-order valence-corrected chi connectivity index (χ4v) is 2.59. The van der Waals surface area contributed by atoms with E-state index in [0.717, 1.165) is 39.1 Å². The fourth-order valence-electron chi connectivity index (χ4n) is 2.59. The average Bonchev–Trinajstić information content (AvgIpc) is 2.96. The number of carbonyl (C=O) groups is 1. The molecule has 0 bridgehead atoms. The standard InChI is InChI=1S/C14H26N2O3/c1-11(19-10-13-5-3-7-18-13)14(17)16-9-12-4-2-6-15-8-12/h11-13,15H,2-10H2,1H3,(H,16,17). The molecule has 5 heteroatoms. The Morgan fingerprint density at radius 3 is 3.05 bits per heavy atom. The van der Waals surface area contributed by atoms with Gasteiger partial charge in [-0.15, -0.1) is 0 Å². The minimum Gasteiger partial charge on any atom is -0.376 e. The highest BCUT2D eigenvalue weighted by Crippen LogP contribution is 2.13. The van der Waals surface area contributed by atoms with Crippen LogP contribution in [0.25, 0.3) is 0 Å². The lowest BCUT2D eigenvalue weighted by Gasteiger charge is -2.24. The van der Waals surface area contributed by atoms with Crippen LogP contribution in [-0.4, -0.2) is 51.0 Å². The van der Waals surface area contributed by atoms with E-state index in [2.05, 4.69) is 10.6 Å². The molecule has 2 aliphatic heterocycles. The zero-order chi connectivity index (χ0) is 13.5. The Balaban J connectivity index is 1.58. The topological polar surface area (TPSA) is 59.6 Å². The number of nitrogens with one attached hydrogen (secondary N) is 2. The third kappa shape index (κ3) is 5.09. The van der Waals surface area contributed by atoms with Crippen LogP contribution in [0.2, 0.25) is 0 Å². The van der Waals surface area contributed by atoms with Gasteiger partial charge >= 0.3 is 0 Å². The van der Waals surface area contributed by atoms with Crippen LogP contribution in [0.5, 0.6) is 0 Å². The Morgan fingerprint density at radius 1 is 1.47 bits per heavy atom. The Labute approximate surface area is 115 Å². The molecule has 3 unspecified atom stereocenters. The molecular weight excluding hydrogens is 244 g/mol. The maximum atomic E-state index is 11.9. The first-order chi connectivity index (χ1) is 9.25. The molecule has 0 aromatic carbocycles. The quantitative estimate of drug-likeness (QED) is 0.745. The van der Waals surface area contributed by atoms with Crippen molar-refractivity contribution < 1.29 is 14.3 Å². The van der Waals surface area contributed by atoms with Crippen molar-refractivity contribution in [3.8, 4) is 0 Å². The molecule has 1 amide bonds. The van der Waals surface area contributed by atoms with Crippen molar-refractivity contribution in [2.75, 3.05) is 32.8 Å². The van der Waals surface area contributed by atoms with Gasteiger partial charge in [0.25, 0.3) is 0 Å². The van der Waals surface area contributed by atoms with E-state index in [-0.39, 0.29) is 18.1 Å². The number of ether oxygens (including phenoxy) is 2. The molecule has 2 fully saturated rings. The Bertz CT molecular complexity index is 274. The van der Waals surface area contributed by atoms with Crippen molar-refractivity contribution in [3.05, 3.63) is 0 Å². The van der Waals surface area contributed by atoms with Crippen LogP contribution in [0.4, 0.5) is 0 Å². The summed E-state index contributed by atoms with van der Waals surface area (Å²) in [6.07, 6.45) is 4.33. The summed E-state index contributed by atoms with van der Waals surface area (Å²) in [6.45, 7) is 6.02. The average molecular weight is 270 g/mol. The summed E-state index contributed by atoms with van der Waals surface area (Å²) in [7, 11) is 0. The SMILES string of the molecule is CC(OCC1CCCO1)C(=O)NCC1CCCNC1. The van der Waals surface area contributed by atoms with Crippen LogP contribution >= 0.6 is 0 Å². The van der Waals surface area contributed by atoms with Crippen molar-refractivity contribution in [3.63, 3.8) is 0 Å². The molecule has 2 N–H and O–H groups in total. The second-order valence-electron chi connectivity index (χ2n) is 5.57. The predicted molar refractivity (Wildman–Crippen MR) is 73.0 cm³/mol. The van der Waals surface area contributed by atoms with Gasteiger partial charge in [-0.1, -0.05) is 0 Å². The fraction of sp³-hybridized carbons (Fsp3) is 0.929. The summed E-state index contributed by atoms with van der Waals surface area (Å²) >= 11 is 0. The van der Waals surface area contributed by atoms with Gasteiger partial charge < -0.3 is 20.1 Å². The number of amides is 1. The molecule has 0 aromatic rings. The molecule has 0 aromatic heterocycles. The molecule has 3 atom stereocenters. The monoisotopic (exact) mass is 270 g/mol. The summed E-state index contributed by atoms with van der Waals surface area (Å²) in [5.74, 6) is 0.548. The van der Waals surface area contributed by atoms with Gasteiger partial charge in [0.1, 0.15) is 6.10 Å². The lowest BCUT2D eigenvalue weighted by Crippen LogP contribution is -2.42. The van der Waals surface area contributed by atoms with Gasteiger partial charge in [-0.05, 0) is 51.6 Å². The molecule has 0 aliphatic carbocycles. The molecule has 2 aliphatic rings. The van der Waals surface area contributed by atoms with E-state index in [1.165, 1.54) is 12.8 Å². The van der Waals surface area contributed by atoms with E-state index in [1.807, 2.05) is 6.92 Å². The molecule has 2 saturated heterocycles. The third-order valence-corrected chi connectivity index (χ3v) is 3.89. The van der Waals surface area contributed by atoms with E-state index in [1.54, 1.807) is 0 Å². The summed E-state index contributed by atoms with van der Waals surface area (Å²) in [5.41, 5.74) is 0. The van der Waals surface area contributed by atoms with Crippen LogP contribution < -0.4 is 10.6 Å². The van der Waals surface area contributed by atoms with E-state index < -0.39 is 0 Å². The van der Waals surface area contributed by atoms with Crippen LogP contribution in [0.15, 0.2) is 0 Å². The highest BCUT2D eigenvalue weighted by atomic mass is 16.5. The van der Waals surface area contributed by atoms with Crippen LogP contribution in [0.1, 0.15) is 32.6 Å². The minimum absolute atomic E-state index is 0.0106. The number of rotatable bonds is 6. The summed E-state index contributed by atoms with van der Waals surface area (Å²) in [4.78, 5) is 11.9. The largest absolute Gasteiger partial charge is 0.376 e. The summed E-state index contributed by atoms with van der Waals surface area (Å²) in [5, 5.41) is 6.33. The van der Waals surface area contributed by atoms with E-state index in [0.29, 0.717) is 12.5 Å². The van der Waals surface area contributed by atoms with Gasteiger partial charge in [-0.2, -0.15) is 0 Å². The van der Waals surface area contributed by atoms with Gasteiger partial charge in [0.2, 0.25) is 5.91 Å². The molecule has 0 saturated carbocycles. The first-order valence-corrected chi connectivity index (χ1v) is 7.47. The second-order valence-corrected chi connectivity index (χ2v) is 5.57. The van der Waals surface area contributed by atoms with Gasteiger partial charge in [-0.25, -0.2) is 0 Å². The van der Waals surface area contributed by atoms with E-state index in [4.69, 9.17) is 9.47 Å². The second kappa shape index (κ2) is 7.82. The number of carbonyl (C=O) groups excluding carboxylic acids is 1. The van der Waals surface area contributed by atoms with E-state index in [9.17, 15) is 4.79 Å². The zero-order valence-electron chi connectivity index (χ0n) is 11.8. The molecule has 0 radical (unpaired) electrons.